The summed E-state index contributed by atoms with van der Waals surface area (Å²) in [5.74, 6) is -0.0114. The third-order valence-electron chi connectivity index (χ3n) is 3.99. The van der Waals surface area contributed by atoms with Crippen LogP contribution in [0.25, 0.3) is 0 Å². The van der Waals surface area contributed by atoms with Gasteiger partial charge < -0.3 is 20.4 Å². The van der Waals surface area contributed by atoms with Gasteiger partial charge in [-0.15, -0.1) is 0 Å². The van der Waals surface area contributed by atoms with E-state index in [1.54, 1.807) is 36.6 Å². The number of fused-ring (bicyclic) bond motifs is 1. The molecule has 3 amide bonds. The van der Waals surface area contributed by atoms with Gasteiger partial charge in [0.2, 0.25) is 11.8 Å². The van der Waals surface area contributed by atoms with Gasteiger partial charge in [0.15, 0.2) is 0 Å². The van der Waals surface area contributed by atoms with Gasteiger partial charge in [0.05, 0.1) is 17.5 Å². The lowest BCUT2D eigenvalue weighted by Gasteiger charge is -2.14. The van der Waals surface area contributed by atoms with Crippen molar-refractivity contribution in [1.82, 2.24) is 10.6 Å². The molecule has 1 aliphatic rings. The van der Waals surface area contributed by atoms with Crippen molar-refractivity contribution in [3.63, 3.8) is 0 Å². The summed E-state index contributed by atoms with van der Waals surface area (Å²) in [5, 5.41) is 8.17. The summed E-state index contributed by atoms with van der Waals surface area (Å²) in [6, 6.07) is 9.70. The second-order valence-electron chi connectivity index (χ2n) is 5.78. The first-order chi connectivity index (χ1) is 12.1. The second kappa shape index (κ2) is 7.65. The minimum Gasteiger partial charge on any atom is -0.469 e. The molecular formula is C18H19N3O4. The fourth-order valence-electron chi connectivity index (χ4n) is 2.66. The molecule has 7 nitrogen and oxygen atoms in total. The lowest BCUT2D eigenvalue weighted by Crippen LogP contribution is -2.42. The van der Waals surface area contributed by atoms with Crippen molar-refractivity contribution in [2.75, 3.05) is 11.9 Å². The molecule has 0 aliphatic carbocycles. The third-order valence-corrected chi connectivity index (χ3v) is 3.99. The van der Waals surface area contributed by atoms with Crippen molar-refractivity contribution in [1.29, 1.82) is 0 Å². The number of amides is 3. The average Bonchev–Trinajstić information content (AvgIpc) is 3.08. The highest BCUT2D eigenvalue weighted by molar-refractivity contribution is 6.09. The minimum absolute atomic E-state index is 0.146. The molecule has 1 aromatic heterocycles. The van der Waals surface area contributed by atoms with E-state index in [0.717, 1.165) is 5.76 Å². The molecule has 0 radical (unpaired) electrons. The van der Waals surface area contributed by atoms with Crippen LogP contribution in [0.4, 0.5) is 5.69 Å². The lowest BCUT2D eigenvalue weighted by atomic mass is 10.1. The fraction of sp³-hybridized carbons (Fsp3) is 0.278. The third kappa shape index (κ3) is 4.26. The number of hydrogen-bond donors (Lipinski definition) is 3. The molecule has 2 aromatic rings. The van der Waals surface area contributed by atoms with Crippen LogP contribution >= 0.6 is 0 Å². The molecule has 0 saturated carbocycles. The summed E-state index contributed by atoms with van der Waals surface area (Å²) in [6.45, 7) is 0.459. The maximum atomic E-state index is 12.2. The van der Waals surface area contributed by atoms with E-state index in [4.69, 9.17) is 4.42 Å². The summed E-state index contributed by atoms with van der Waals surface area (Å²) in [5.41, 5.74) is 0.900. The van der Waals surface area contributed by atoms with Crippen LogP contribution < -0.4 is 16.0 Å². The average molecular weight is 341 g/mol. The summed E-state index contributed by atoms with van der Waals surface area (Å²) >= 11 is 0. The van der Waals surface area contributed by atoms with Crippen molar-refractivity contribution >= 4 is 23.4 Å². The summed E-state index contributed by atoms with van der Waals surface area (Å²) < 4.78 is 5.19. The predicted octanol–water partition coefficient (Wildman–Crippen LogP) is 1.47. The van der Waals surface area contributed by atoms with Crippen molar-refractivity contribution < 1.29 is 18.8 Å². The zero-order valence-corrected chi connectivity index (χ0v) is 13.6. The molecule has 0 fully saturated rings. The van der Waals surface area contributed by atoms with Gasteiger partial charge >= 0.3 is 0 Å². The molecule has 2 heterocycles. The summed E-state index contributed by atoms with van der Waals surface area (Å²) in [7, 11) is 0. The quantitative estimate of drug-likeness (QED) is 0.741. The molecule has 1 atom stereocenters. The van der Waals surface area contributed by atoms with E-state index in [0.29, 0.717) is 24.2 Å². The normalized spacial score (nSPS) is 16.4. The van der Waals surface area contributed by atoms with E-state index in [1.807, 2.05) is 6.07 Å². The van der Waals surface area contributed by atoms with E-state index in [2.05, 4.69) is 16.0 Å². The SMILES string of the molecule is O=C(CCC1NC(=O)c2ccccc2NC1=O)NCCc1ccco1. The van der Waals surface area contributed by atoms with Crippen LogP contribution in [0.1, 0.15) is 29.0 Å². The van der Waals surface area contributed by atoms with E-state index < -0.39 is 6.04 Å². The van der Waals surface area contributed by atoms with Crippen LogP contribution in [-0.4, -0.2) is 30.3 Å². The van der Waals surface area contributed by atoms with Gasteiger partial charge in [0, 0.05) is 19.4 Å². The van der Waals surface area contributed by atoms with Crippen LogP contribution in [0, 0.1) is 0 Å². The Hall–Kier alpha value is -3.09. The Labute approximate surface area is 144 Å². The number of para-hydroxylation sites is 1. The van der Waals surface area contributed by atoms with Crippen LogP contribution in [0.5, 0.6) is 0 Å². The fourth-order valence-corrected chi connectivity index (χ4v) is 2.66. The van der Waals surface area contributed by atoms with Crippen molar-refractivity contribution in [2.24, 2.45) is 0 Å². The van der Waals surface area contributed by atoms with Gasteiger partial charge in [-0.2, -0.15) is 0 Å². The molecule has 1 unspecified atom stereocenters. The largest absolute Gasteiger partial charge is 0.469 e. The van der Waals surface area contributed by atoms with E-state index in [9.17, 15) is 14.4 Å². The van der Waals surface area contributed by atoms with Gasteiger partial charge in [-0.25, -0.2) is 0 Å². The number of benzene rings is 1. The number of anilines is 1. The molecule has 3 rings (SSSR count). The molecule has 1 aliphatic heterocycles. The smallest absolute Gasteiger partial charge is 0.254 e. The van der Waals surface area contributed by atoms with Crippen LogP contribution in [-0.2, 0) is 16.0 Å². The monoisotopic (exact) mass is 341 g/mol. The van der Waals surface area contributed by atoms with Crippen LogP contribution in [0.15, 0.2) is 47.1 Å². The standard InChI is InChI=1S/C18H19N3O4/c22-16(19-10-9-12-4-3-11-25-12)8-7-15-18(24)20-14-6-2-1-5-13(14)17(23)21-15/h1-6,11,15H,7-10H2,(H,19,22)(H,20,24)(H,21,23). The van der Waals surface area contributed by atoms with Gasteiger partial charge in [-0.05, 0) is 30.7 Å². The molecule has 25 heavy (non-hydrogen) atoms. The first-order valence-corrected chi connectivity index (χ1v) is 8.13. The zero-order valence-electron chi connectivity index (χ0n) is 13.6. The maximum Gasteiger partial charge on any atom is 0.254 e. The lowest BCUT2D eigenvalue weighted by molar-refractivity contribution is -0.121. The highest BCUT2D eigenvalue weighted by Crippen LogP contribution is 2.19. The second-order valence-corrected chi connectivity index (χ2v) is 5.78. The number of hydrogen-bond acceptors (Lipinski definition) is 4. The molecular weight excluding hydrogens is 322 g/mol. The molecule has 130 valence electrons. The molecule has 0 spiro atoms. The topological polar surface area (TPSA) is 100 Å². The van der Waals surface area contributed by atoms with Crippen LogP contribution in [0.2, 0.25) is 0 Å². The molecule has 0 saturated heterocycles. The van der Waals surface area contributed by atoms with E-state index in [-0.39, 0.29) is 30.6 Å². The molecule has 7 heteroatoms. The zero-order chi connectivity index (χ0) is 17.6. The van der Waals surface area contributed by atoms with Gasteiger partial charge in [0.25, 0.3) is 5.91 Å². The Kier molecular flexibility index (Phi) is 5.13. The number of carbonyl (C=O) groups excluding carboxylic acids is 3. The molecule has 1 aromatic carbocycles. The number of nitrogens with one attached hydrogen (secondary N) is 3. The number of furan rings is 1. The minimum atomic E-state index is -0.740. The van der Waals surface area contributed by atoms with Crippen molar-refractivity contribution in [3.05, 3.63) is 54.0 Å². The van der Waals surface area contributed by atoms with Crippen molar-refractivity contribution in [3.8, 4) is 0 Å². The first kappa shape index (κ1) is 16.8. The summed E-state index contributed by atoms with van der Waals surface area (Å²) in [4.78, 5) is 36.4. The Bertz CT molecular complexity index is 770. The highest BCUT2D eigenvalue weighted by Gasteiger charge is 2.27. The molecule has 3 N–H and O–H groups in total. The number of carbonyl (C=O) groups is 3. The van der Waals surface area contributed by atoms with Gasteiger partial charge in [0.1, 0.15) is 11.8 Å². The Morgan fingerprint density at radius 2 is 2.00 bits per heavy atom. The van der Waals surface area contributed by atoms with E-state index >= 15 is 0 Å². The number of rotatable bonds is 6. The Morgan fingerprint density at radius 1 is 1.16 bits per heavy atom. The highest BCUT2D eigenvalue weighted by atomic mass is 16.3. The maximum absolute atomic E-state index is 12.2. The first-order valence-electron chi connectivity index (χ1n) is 8.13. The predicted molar refractivity (Wildman–Crippen MR) is 91.0 cm³/mol. The summed E-state index contributed by atoms with van der Waals surface area (Å²) in [6.07, 6.45) is 2.57. The Balaban J connectivity index is 1.48. The molecule has 0 bridgehead atoms. The van der Waals surface area contributed by atoms with Crippen molar-refractivity contribution in [2.45, 2.75) is 25.3 Å². The van der Waals surface area contributed by atoms with Gasteiger partial charge in [-0.1, -0.05) is 12.1 Å². The van der Waals surface area contributed by atoms with Crippen LogP contribution in [0.3, 0.4) is 0 Å². The van der Waals surface area contributed by atoms with Gasteiger partial charge in [-0.3, -0.25) is 14.4 Å². The van der Waals surface area contributed by atoms with E-state index in [1.165, 1.54) is 0 Å². The Morgan fingerprint density at radius 3 is 2.80 bits per heavy atom.